The van der Waals surface area contributed by atoms with Gasteiger partial charge in [-0.2, -0.15) is 0 Å². The molecule has 1 aliphatic rings. The predicted octanol–water partition coefficient (Wildman–Crippen LogP) is 1.84. The van der Waals surface area contributed by atoms with E-state index in [2.05, 4.69) is 10.0 Å². The number of benzene rings is 1. The SMILES string of the molecule is COc1ccc(Cl)c(NS(=O)(=O)C2CCCNC2)c1. The fourth-order valence-electron chi connectivity index (χ4n) is 2.03. The van der Waals surface area contributed by atoms with Gasteiger partial charge in [-0.05, 0) is 31.5 Å². The van der Waals surface area contributed by atoms with Crippen LogP contribution in [-0.4, -0.2) is 33.9 Å². The van der Waals surface area contributed by atoms with Crippen LogP contribution < -0.4 is 14.8 Å². The fraction of sp³-hybridized carbons (Fsp3) is 0.500. The lowest BCUT2D eigenvalue weighted by Crippen LogP contribution is -2.41. The molecule has 5 nitrogen and oxygen atoms in total. The zero-order valence-corrected chi connectivity index (χ0v) is 12.2. The number of sulfonamides is 1. The Bertz CT molecular complexity index is 542. The van der Waals surface area contributed by atoms with Crippen molar-refractivity contribution in [2.45, 2.75) is 18.1 Å². The number of ether oxygens (including phenoxy) is 1. The molecule has 2 N–H and O–H groups in total. The molecular formula is C12H17ClN2O3S. The number of halogens is 1. The average molecular weight is 305 g/mol. The minimum absolute atomic E-state index is 0.353. The van der Waals surface area contributed by atoms with Crippen LogP contribution in [0.5, 0.6) is 5.75 Å². The predicted molar refractivity (Wildman–Crippen MR) is 76.4 cm³/mol. The molecule has 0 aromatic heterocycles. The highest BCUT2D eigenvalue weighted by Crippen LogP contribution is 2.28. The van der Waals surface area contributed by atoms with Gasteiger partial charge >= 0.3 is 0 Å². The molecule has 2 rings (SSSR count). The maximum Gasteiger partial charge on any atom is 0.236 e. The van der Waals surface area contributed by atoms with E-state index in [1.807, 2.05) is 0 Å². The Balaban J connectivity index is 2.19. The molecule has 1 aliphatic heterocycles. The van der Waals surface area contributed by atoms with Crippen LogP contribution in [0.2, 0.25) is 5.02 Å². The summed E-state index contributed by atoms with van der Waals surface area (Å²) in [5, 5.41) is 3.01. The van der Waals surface area contributed by atoms with Gasteiger partial charge < -0.3 is 10.1 Å². The third kappa shape index (κ3) is 3.52. The summed E-state index contributed by atoms with van der Waals surface area (Å²) in [7, 11) is -1.92. The molecule has 0 bridgehead atoms. The quantitative estimate of drug-likeness (QED) is 0.891. The Labute approximate surface area is 118 Å². The first kappa shape index (κ1) is 14.4. The highest BCUT2D eigenvalue weighted by Gasteiger charge is 2.27. The average Bonchev–Trinajstić information content (AvgIpc) is 2.42. The molecule has 0 radical (unpaired) electrons. The van der Waals surface area contributed by atoms with Crippen LogP contribution in [0.1, 0.15) is 12.8 Å². The zero-order valence-electron chi connectivity index (χ0n) is 10.6. The van der Waals surface area contributed by atoms with Crippen molar-refractivity contribution in [1.29, 1.82) is 0 Å². The van der Waals surface area contributed by atoms with Crippen LogP contribution >= 0.6 is 11.6 Å². The van der Waals surface area contributed by atoms with Gasteiger partial charge in [-0.25, -0.2) is 8.42 Å². The summed E-state index contributed by atoms with van der Waals surface area (Å²) in [5.41, 5.74) is 0.353. The molecule has 1 heterocycles. The van der Waals surface area contributed by atoms with Crippen LogP contribution in [-0.2, 0) is 10.0 Å². The van der Waals surface area contributed by atoms with Gasteiger partial charge in [0.05, 0.1) is 23.1 Å². The van der Waals surface area contributed by atoms with Crippen molar-refractivity contribution in [1.82, 2.24) is 5.32 Å². The molecule has 0 spiro atoms. The van der Waals surface area contributed by atoms with Crippen LogP contribution in [0, 0.1) is 0 Å². The minimum atomic E-state index is -3.44. The summed E-state index contributed by atoms with van der Waals surface area (Å²) in [6.45, 7) is 1.34. The Kier molecular flexibility index (Phi) is 4.54. The van der Waals surface area contributed by atoms with E-state index in [1.165, 1.54) is 7.11 Å². The molecule has 1 saturated heterocycles. The first-order chi connectivity index (χ1) is 9.03. The summed E-state index contributed by atoms with van der Waals surface area (Å²) >= 11 is 6.00. The van der Waals surface area contributed by atoms with Gasteiger partial charge in [-0.1, -0.05) is 11.6 Å². The lowest BCUT2D eigenvalue weighted by Gasteiger charge is -2.23. The second-order valence-corrected chi connectivity index (χ2v) is 6.83. The summed E-state index contributed by atoms with van der Waals surface area (Å²) in [5.74, 6) is 0.559. The minimum Gasteiger partial charge on any atom is -0.497 e. The molecule has 0 aliphatic carbocycles. The van der Waals surface area contributed by atoms with E-state index in [0.717, 1.165) is 13.0 Å². The Morgan fingerprint density at radius 3 is 2.89 bits per heavy atom. The van der Waals surface area contributed by atoms with E-state index < -0.39 is 15.3 Å². The number of hydrogen-bond acceptors (Lipinski definition) is 4. The molecule has 0 amide bonds. The van der Waals surface area contributed by atoms with Crippen LogP contribution in [0.3, 0.4) is 0 Å². The van der Waals surface area contributed by atoms with Gasteiger partial charge in [-0.3, -0.25) is 4.72 Å². The van der Waals surface area contributed by atoms with Gasteiger partial charge in [0.15, 0.2) is 0 Å². The van der Waals surface area contributed by atoms with E-state index in [4.69, 9.17) is 16.3 Å². The molecule has 1 aromatic carbocycles. The monoisotopic (exact) mass is 304 g/mol. The highest BCUT2D eigenvalue weighted by atomic mass is 35.5. The Morgan fingerprint density at radius 1 is 1.47 bits per heavy atom. The molecular weight excluding hydrogens is 288 g/mol. The summed E-state index contributed by atoms with van der Waals surface area (Å²) < 4.78 is 32.1. The number of anilines is 1. The number of nitrogens with one attached hydrogen (secondary N) is 2. The largest absolute Gasteiger partial charge is 0.497 e. The van der Waals surface area contributed by atoms with E-state index in [0.29, 0.717) is 29.4 Å². The van der Waals surface area contributed by atoms with Crippen molar-refractivity contribution in [3.05, 3.63) is 23.2 Å². The van der Waals surface area contributed by atoms with E-state index in [-0.39, 0.29) is 0 Å². The highest BCUT2D eigenvalue weighted by molar-refractivity contribution is 7.93. The molecule has 106 valence electrons. The smallest absolute Gasteiger partial charge is 0.236 e. The topological polar surface area (TPSA) is 67.4 Å². The first-order valence-corrected chi connectivity index (χ1v) is 8.01. The van der Waals surface area contributed by atoms with Crippen molar-refractivity contribution >= 4 is 27.3 Å². The lowest BCUT2D eigenvalue weighted by molar-refractivity contribution is 0.415. The van der Waals surface area contributed by atoms with Crippen molar-refractivity contribution < 1.29 is 13.2 Å². The molecule has 1 aromatic rings. The van der Waals surface area contributed by atoms with Crippen molar-refractivity contribution in [2.75, 3.05) is 24.9 Å². The Hall–Kier alpha value is -0.980. The second-order valence-electron chi connectivity index (χ2n) is 4.46. The van der Waals surface area contributed by atoms with Crippen molar-refractivity contribution in [3.8, 4) is 5.75 Å². The molecule has 0 saturated carbocycles. The maximum atomic E-state index is 12.3. The normalized spacial score (nSPS) is 20.0. The van der Waals surface area contributed by atoms with E-state index in [1.54, 1.807) is 18.2 Å². The van der Waals surface area contributed by atoms with Gasteiger partial charge in [-0.15, -0.1) is 0 Å². The summed E-state index contributed by atoms with van der Waals surface area (Å²) in [4.78, 5) is 0. The number of piperidine rings is 1. The molecule has 1 atom stereocenters. The van der Waals surface area contributed by atoms with Crippen LogP contribution in [0.4, 0.5) is 5.69 Å². The third-order valence-corrected chi connectivity index (χ3v) is 5.23. The van der Waals surface area contributed by atoms with Gasteiger partial charge in [0.2, 0.25) is 10.0 Å². The van der Waals surface area contributed by atoms with Crippen LogP contribution in [0.15, 0.2) is 18.2 Å². The number of hydrogen-bond donors (Lipinski definition) is 2. The van der Waals surface area contributed by atoms with E-state index in [9.17, 15) is 8.42 Å². The van der Waals surface area contributed by atoms with Crippen molar-refractivity contribution in [3.63, 3.8) is 0 Å². The van der Waals surface area contributed by atoms with E-state index >= 15 is 0 Å². The van der Waals surface area contributed by atoms with Crippen LogP contribution in [0.25, 0.3) is 0 Å². The number of methoxy groups -OCH3 is 1. The first-order valence-electron chi connectivity index (χ1n) is 6.09. The lowest BCUT2D eigenvalue weighted by atomic mass is 10.2. The van der Waals surface area contributed by atoms with Gasteiger partial charge in [0.25, 0.3) is 0 Å². The zero-order chi connectivity index (χ0) is 13.9. The standard InChI is InChI=1S/C12H17ClN2O3S/c1-18-9-4-5-11(13)12(7-9)15-19(16,17)10-3-2-6-14-8-10/h4-5,7,10,14-15H,2-3,6,8H2,1H3. The van der Waals surface area contributed by atoms with Gasteiger partial charge in [0.1, 0.15) is 5.75 Å². The molecule has 7 heteroatoms. The number of rotatable bonds is 4. The summed E-state index contributed by atoms with van der Waals surface area (Å²) in [6.07, 6.45) is 1.52. The third-order valence-electron chi connectivity index (χ3n) is 3.12. The van der Waals surface area contributed by atoms with Gasteiger partial charge in [0, 0.05) is 12.6 Å². The molecule has 1 fully saturated rings. The second kappa shape index (κ2) is 5.98. The fourth-order valence-corrected chi connectivity index (χ4v) is 3.71. The molecule has 1 unspecified atom stereocenters. The Morgan fingerprint density at radius 2 is 2.26 bits per heavy atom. The maximum absolute atomic E-state index is 12.3. The summed E-state index contributed by atoms with van der Waals surface area (Å²) in [6, 6.07) is 4.87. The van der Waals surface area contributed by atoms with Crippen molar-refractivity contribution in [2.24, 2.45) is 0 Å². The molecule has 19 heavy (non-hydrogen) atoms.